The van der Waals surface area contributed by atoms with Gasteiger partial charge in [0.05, 0.1) is 5.56 Å². The van der Waals surface area contributed by atoms with Crippen LogP contribution >= 0.6 is 0 Å². The Kier molecular flexibility index (Phi) is 7.93. The summed E-state index contributed by atoms with van der Waals surface area (Å²) in [6.45, 7) is 0. The molecule has 0 spiro atoms. The molecule has 180 valence electrons. The van der Waals surface area contributed by atoms with Crippen molar-refractivity contribution in [1.29, 1.82) is 0 Å². The topological polar surface area (TPSA) is 122 Å². The quantitative estimate of drug-likeness (QED) is 0.431. The van der Waals surface area contributed by atoms with Crippen LogP contribution < -0.4 is 15.8 Å². The molecule has 0 saturated heterocycles. The summed E-state index contributed by atoms with van der Waals surface area (Å²) < 4.78 is 78.7. The molecular weight excluding hydrogens is 462 g/mol. The first-order valence-electron chi connectivity index (χ1n) is 9.16. The van der Waals surface area contributed by atoms with Gasteiger partial charge in [0.2, 0.25) is 0 Å². The van der Waals surface area contributed by atoms with Crippen molar-refractivity contribution in [3.05, 3.63) is 65.2 Å². The number of aliphatic hydroxyl groups is 1. The van der Waals surface area contributed by atoms with Crippen molar-refractivity contribution < 1.29 is 50.9 Å². The molecule has 7 nitrogen and oxygen atoms in total. The number of nitrogens with two attached hydrogens (primary N) is 1. The van der Waals surface area contributed by atoms with Gasteiger partial charge in [-0.25, -0.2) is 4.79 Å². The highest BCUT2D eigenvalue weighted by molar-refractivity contribution is 5.87. The van der Waals surface area contributed by atoms with Gasteiger partial charge in [-0.05, 0) is 41.8 Å². The van der Waals surface area contributed by atoms with Gasteiger partial charge < -0.3 is 26.0 Å². The molecule has 0 aromatic heterocycles. The fourth-order valence-electron chi connectivity index (χ4n) is 2.81. The van der Waals surface area contributed by atoms with E-state index in [1.165, 1.54) is 0 Å². The third kappa shape index (κ3) is 7.64. The molecule has 5 N–H and O–H groups in total. The van der Waals surface area contributed by atoms with Gasteiger partial charge in [0.25, 0.3) is 5.91 Å². The molecule has 3 atom stereocenters. The summed E-state index contributed by atoms with van der Waals surface area (Å²) in [7, 11) is 0. The van der Waals surface area contributed by atoms with Crippen LogP contribution in [0.3, 0.4) is 0 Å². The average Bonchev–Trinajstić information content (AvgIpc) is 2.69. The van der Waals surface area contributed by atoms with E-state index in [4.69, 9.17) is 5.73 Å². The van der Waals surface area contributed by atoms with Crippen molar-refractivity contribution in [3.8, 4) is 5.75 Å². The molecule has 0 heterocycles. The third-order valence-electron chi connectivity index (χ3n) is 4.39. The van der Waals surface area contributed by atoms with Gasteiger partial charge in [0.1, 0.15) is 11.9 Å². The monoisotopic (exact) mass is 480 g/mol. The number of nitrogens with one attached hydrogen (secondary N) is 1. The van der Waals surface area contributed by atoms with Crippen LogP contribution in [-0.2, 0) is 22.2 Å². The highest BCUT2D eigenvalue weighted by Crippen LogP contribution is 2.29. The van der Waals surface area contributed by atoms with Crippen LogP contribution in [-0.4, -0.2) is 40.6 Å². The van der Waals surface area contributed by atoms with Gasteiger partial charge in [-0.3, -0.25) is 4.79 Å². The molecule has 2 aromatic rings. The molecule has 2 aromatic carbocycles. The Morgan fingerprint density at radius 2 is 1.64 bits per heavy atom. The fourth-order valence-corrected chi connectivity index (χ4v) is 2.81. The molecule has 0 unspecified atom stereocenters. The first-order chi connectivity index (χ1) is 15.2. The third-order valence-corrected chi connectivity index (χ3v) is 4.39. The summed E-state index contributed by atoms with van der Waals surface area (Å²) in [6, 6.07) is 4.52. The molecule has 0 aliphatic rings. The van der Waals surface area contributed by atoms with Crippen LogP contribution in [0.5, 0.6) is 5.75 Å². The summed E-state index contributed by atoms with van der Waals surface area (Å²) in [5.74, 6) is -3.61. The number of rotatable bonds is 8. The maximum atomic E-state index is 12.6. The lowest BCUT2D eigenvalue weighted by Gasteiger charge is -2.22. The maximum absolute atomic E-state index is 12.6. The Labute approximate surface area is 182 Å². The van der Waals surface area contributed by atoms with Crippen LogP contribution in [0.2, 0.25) is 0 Å². The standard InChI is InChI=1S/C20H18F6N2O5/c21-19(22,23)12-6-4-10(5-7-12)8-14(27)16(29)17(30)28-15(18(31)32)11-2-1-3-13(9-11)33-20(24,25)26/h1-7,9,14-16,29H,8,27H2,(H,28,30)(H,31,32)/t14-,15-,16+/m1/s1. The lowest BCUT2D eigenvalue weighted by molar-refractivity contribution is -0.274. The number of carboxylic acids is 1. The van der Waals surface area contributed by atoms with Crippen molar-refractivity contribution in [1.82, 2.24) is 5.32 Å². The maximum Gasteiger partial charge on any atom is 0.573 e. The number of aliphatic hydroxyl groups excluding tert-OH is 1. The number of aliphatic carboxylic acids is 1. The van der Waals surface area contributed by atoms with E-state index in [0.717, 1.165) is 48.5 Å². The minimum atomic E-state index is -5.03. The molecule has 33 heavy (non-hydrogen) atoms. The molecule has 13 heteroatoms. The van der Waals surface area contributed by atoms with E-state index < -0.39 is 53.9 Å². The first-order valence-corrected chi connectivity index (χ1v) is 9.16. The highest BCUT2D eigenvalue weighted by atomic mass is 19.4. The molecule has 0 aliphatic heterocycles. The molecule has 0 bridgehead atoms. The van der Waals surface area contributed by atoms with Crippen LogP contribution in [0.4, 0.5) is 26.3 Å². The Morgan fingerprint density at radius 1 is 1.03 bits per heavy atom. The van der Waals surface area contributed by atoms with E-state index in [2.05, 4.69) is 4.74 Å². The Morgan fingerprint density at radius 3 is 2.15 bits per heavy atom. The van der Waals surface area contributed by atoms with E-state index in [-0.39, 0.29) is 17.5 Å². The Bertz CT molecular complexity index is 978. The second kappa shape index (κ2) is 10.1. The van der Waals surface area contributed by atoms with Gasteiger partial charge >= 0.3 is 18.5 Å². The number of carbonyl (C=O) groups excluding carboxylic acids is 1. The Balaban J connectivity index is 2.09. The lowest BCUT2D eigenvalue weighted by Crippen LogP contribution is -2.49. The van der Waals surface area contributed by atoms with Gasteiger partial charge in [0.15, 0.2) is 6.04 Å². The van der Waals surface area contributed by atoms with Crippen molar-refractivity contribution in [2.75, 3.05) is 0 Å². The fraction of sp³-hybridized carbons (Fsp3) is 0.300. The predicted octanol–water partition coefficient (Wildman–Crippen LogP) is 2.78. The molecule has 0 fully saturated rings. The van der Waals surface area contributed by atoms with Crippen molar-refractivity contribution in [2.24, 2.45) is 5.73 Å². The zero-order valence-corrected chi connectivity index (χ0v) is 16.5. The molecule has 0 aliphatic carbocycles. The number of hydrogen-bond acceptors (Lipinski definition) is 5. The normalized spacial score (nSPS) is 14.8. The number of carboxylic acid groups (broad SMARTS) is 1. The van der Waals surface area contributed by atoms with Crippen LogP contribution in [0.15, 0.2) is 48.5 Å². The van der Waals surface area contributed by atoms with E-state index in [1.807, 2.05) is 5.32 Å². The lowest BCUT2D eigenvalue weighted by atomic mass is 9.99. The van der Waals surface area contributed by atoms with Gasteiger partial charge in [-0.2, -0.15) is 13.2 Å². The number of carbonyl (C=O) groups is 2. The van der Waals surface area contributed by atoms with Crippen molar-refractivity contribution in [3.63, 3.8) is 0 Å². The van der Waals surface area contributed by atoms with Crippen LogP contribution in [0.1, 0.15) is 22.7 Å². The number of halogens is 6. The van der Waals surface area contributed by atoms with E-state index in [1.54, 1.807) is 0 Å². The zero-order chi connectivity index (χ0) is 25.0. The second-order valence-corrected chi connectivity index (χ2v) is 6.91. The van der Waals surface area contributed by atoms with E-state index in [0.29, 0.717) is 0 Å². The summed E-state index contributed by atoms with van der Waals surface area (Å²) in [5, 5.41) is 21.5. The SMILES string of the molecule is N[C@H](Cc1ccc(C(F)(F)F)cc1)[C@H](O)C(=O)N[C@@H](C(=O)O)c1cccc(OC(F)(F)F)c1. The highest BCUT2D eigenvalue weighted by Gasteiger charge is 2.33. The Hall–Kier alpha value is -3.32. The second-order valence-electron chi connectivity index (χ2n) is 6.91. The van der Waals surface area contributed by atoms with Crippen molar-refractivity contribution in [2.45, 2.75) is 37.1 Å². The van der Waals surface area contributed by atoms with E-state index in [9.17, 15) is 46.1 Å². The number of benzene rings is 2. The van der Waals surface area contributed by atoms with Crippen LogP contribution in [0, 0.1) is 0 Å². The molecule has 2 rings (SSSR count). The number of ether oxygens (including phenoxy) is 1. The number of hydrogen-bond donors (Lipinski definition) is 4. The van der Waals surface area contributed by atoms with Crippen molar-refractivity contribution >= 4 is 11.9 Å². The summed E-state index contributed by atoms with van der Waals surface area (Å²) in [5.41, 5.74) is 4.82. The number of amides is 1. The van der Waals surface area contributed by atoms with Gasteiger partial charge in [-0.15, -0.1) is 13.2 Å². The van der Waals surface area contributed by atoms with Gasteiger partial charge in [0, 0.05) is 6.04 Å². The summed E-state index contributed by atoms with van der Waals surface area (Å²) in [4.78, 5) is 23.8. The molecule has 0 radical (unpaired) electrons. The minimum absolute atomic E-state index is 0.223. The zero-order valence-electron chi connectivity index (χ0n) is 16.5. The predicted molar refractivity (Wildman–Crippen MR) is 101 cm³/mol. The van der Waals surface area contributed by atoms with Crippen LogP contribution in [0.25, 0.3) is 0 Å². The molecular formula is C20H18F6N2O5. The minimum Gasteiger partial charge on any atom is -0.479 e. The number of alkyl halides is 6. The summed E-state index contributed by atoms with van der Waals surface area (Å²) in [6.07, 6.45) is -11.8. The van der Waals surface area contributed by atoms with E-state index >= 15 is 0 Å². The summed E-state index contributed by atoms with van der Waals surface area (Å²) >= 11 is 0. The average molecular weight is 480 g/mol. The van der Waals surface area contributed by atoms with Gasteiger partial charge in [-0.1, -0.05) is 24.3 Å². The first kappa shape index (κ1) is 25.9. The smallest absolute Gasteiger partial charge is 0.479 e. The molecule has 0 saturated carbocycles. The molecule has 1 amide bonds. The largest absolute Gasteiger partial charge is 0.573 e.